The van der Waals surface area contributed by atoms with Gasteiger partial charge in [-0.1, -0.05) is 30.3 Å². The summed E-state index contributed by atoms with van der Waals surface area (Å²) in [7, 11) is 0. The topological polar surface area (TPSA) is 43.8 Å². The van der Waals surface area contributed by atoms with E-state index in [1.165, 1.54) is 12.2 Å². The Kier molecular flexibility index (Phi) is 3.74. The average molecular weight is 301 g/mol. The molecule has 2 N–H and O–H groups in total. The summed E-state index contributed by atoms with van der Waals surface area (Å²) in [5.41, 5.74) is 8.65. The number of nitrogens with two attached hydrogens (primary N) is 1. The fourth-order valence-electron chi connectivity index (χ4n) is 2.96. The molecule has 0 radical (unpaired) electrons. The molecule has 0 bridgehead atoms. The second-order valence-corrected chi connectivity index (χ2v) is 7.79. The van der Waals surface area contributed by atoms with E-state index in [4.69, 9.17) is 10.7 Å². The Bertz CT molecular complexity index is 619. The quantitative estimate of drug-likeness (QED) is 0.908. The van der Waals surface area contributed by atoms with E-state index in [1.807, 2.05) is 17.8 Å². The van der Waals surface area contributed by atoms with Gasteiger partial charge in [-0.25, -0.2) is 4.98 Å². The monoisotopic (exact) mass is 301 g/mol. The first kappa shape index (κ1) is 14.5. The molecule has 1 aliphatic rings. The van der Waals surface area contributed by atoms with Gasteiger partial charge < -0.3 is 10.3 Å². The highest BCUT2D eigenvalue weighted by Gasteiger charge is 2.29. The lowest BCUT2D eigenvalue weighted by atomic mass is 10.0. The number of nitrogen functional groups attached to an aromatic ring is 1. The van der Waals surface area contributed by atoms with Gasteiger partial charge in [0.15, 0.2) is 0 Å². The number of hydrogen-bond acceptors (Lipinski definition) is 3. The summed E-state index contributed by atoms with van der Waals surface area (Å²) in [6.07, 6.45) is 1.18. The van der Waals surface area contributed by atoms with E-state index in [9.17, 15) is 0 Å². The van der Waals surface area contributed by atoms with Gasteiger partial charge in [-0.2, -0.15) is 11.8 Å². The molecule has 1 aliphatic heterocycles. The predicted octanol–water partition coefficient (Wildman–Crippen LogP) is 4.11. The molecule has 21 heavy (non-hydrogen) atoms. The normalized spacial score (nSPS) is 19.1. The number of imidazole rings is 1. The maximum atomic E-state index is 6.50. The van der Waals surface area contributed by atoms with Crippen LogP contribution in [0, 0.1) is 0 Å². The lowest BCUT2D eigenvalue weighted by Crippen LogP contribution is -2.24. The molecule has 4 heteroatoms. The van der Waals surface area contributed by atoms with Gasteiger partial charge in [-0.15, -0.1) is 0 Å². The van der Waals surface area contributed by atoms with Gasteiger partial charge in [0.05, 0.1) is 5.69 Å². The Morgan fingerprint density at radius 3 is 2.52 bits per heavy atom. The van der Waals surface area contributed by atoms with E-state index in [2.05, 4.69) is 49.6 Å². The molecule has 0 amide bonds. The number of rotatable bonds is 2. The third-order valence-corrected chi connectivity index (χ3v) is 5.12. The van der Waals surface area contributed by atoms with Crippen LogP contribution in [0.3, 0.4) is 0 Å². The Labute approximate surface area is 131 Å². The van der Waals surface area contributed by atoms with Crippen LogP contribution in [0.5, 0.6) is 0 Å². The van der Waals surface area contributed by atoms with Gasteiger partial charge >= 0.3 is 0 Å². The van der Waals surface area contributed by atoms with Crippen molar-refractivity contribution in [1.82, 2.24) is 9.55 Å². The van der Waals surface area contributed by atoms with Gasteiger partial charge in [0.2, 0.25) is 0 Å². The summed E-state index contributed by atoms with van der Waals surface area (Å²) in [6, 6.07) is 10.4. The van der Waals surface area contributed by atoms with Crippen LogP contribution in [0.25, 0.3) is 11.4 Å². The molecule has 0 aliphatic carbocycles. The summed E-state index contributed by atoms with van der Waals surface area (Å²) in [5.74, 6) is 4.69. The summed E-state index contributed by atoms with van der Waals surface area (Å²) >= 11 is 2.00. The molecule has 0 spiro atoms. The van der Waals surface area contributed by atoms with Crippen LogP contribution in [-0.4, -0.2) is 21.1 Å². The van der Waals surface area contributed by atoms with Crippen LogP contribution in [-0.2, 0) is 5.54 Å². The lowest BCUT2D eigenvalue weighted by molar-refractivity contribution is 0.406. The van der Waals surface area contributed by atoms with Crippen molar-refractivity contribution >= 4 is 17.6 Å². The zero-order valence-corrected chi connectivity index (χ0v) is 13.8. The third kappa shape index (κ3) is 2.69. The lowest BCUT2D eigenvalue weighted by Gasteiger charge is -2.25. The van der Waals surface area contributed by atoms with Crippen molar-refractivity contribution in [2.24, 2.45) is 0 Å². The van der Waals surface area contributed by atoms with Crippen LogP contribution < -0.4 is 5.73 Å². The van der Waals surface area contributed by atoms with Crippen molar-refractivity contribution in [3.8, 4) is 11.4 Å². The number of aromatic nitrogens is 2. The van der Waals surface area contributed by atoms with Gasteiger partial charge in [-0.3, -0.25) is 0 Å². The molecule has 1 aromatic heterocycles. The van der Waals surface area contributed by atoms with Crippen LogP contribution in [0.4, 0.5) is 5.82 Å². The van der Waals surface area contributed by atoms with E-state index in [0.29, 0.717) is 5.92 Å². The standard InChI is InChI=1S/C17H23N3S/c1-17(2,3)20-15(18)14(13-9-10-21-11-13)19-16(20)12-7-5-4-6-8-12/h4-8,13H,9-11,18H2,1-3H3. The smallest absolute Gasteiger partial charge is 0.142 e. The van der Waals surface area contributed by atoms with Crippen LogP contribution in [0.1, 0.15) is 38.8 Å². The zero-order valence-electron chi connectivity index (χ0n) is 13.0. The summed E-state index contributed by atoms with van der Waals surface area (Å²) < 4.78 is 2.20. The molecular formula is C17H23N3S. The predicted molar refractivity (Wildman–Crippen MR) is 91.8 cm³/mol. The molecule has 2 heterocycles. The average Bonchev–Trinajstić information content (AvgIpc) is 3.06. The highest BCUT2D eigenvalue weighted by atomic mass is 32.2. The van der Waals surface area contributed by atoms with Crippen LogP contribution in [0.15, 0.2) is 30.3 Å². The minimum absolute atomic E-state index is 0.0771. The summed E-state index contributed by atoms with van der Waals surface area (Å²) in [6.45, 7) is 6.56. The minimum atomic E-state index is -0.0771. The molecular weight excluding hydrogens is 278 g/mol. The first-order valence-corrected chi connectivity index (χ1v) is 8.65. The maximum Gasteiger partial charge on any atom is 0.142 e. The molecule has 2 aromatic rings. The fourth-order valence-corrected chi connectivity index (χ4v) is 4.19. The molecule has 112 valence electrons. The van der Waals surface area contributed by atoms with Gasteiger partial charge in [-0.05, 0) is 32.9 Å². The fraction of sp³-hybridized carbons (Fsp3) is 0.471. The van der Waals surface area contributed by atoms with Crippen molar-refractivity contribution in [2.45, 2.75) is 38.6 Å². The Morgan fingerprint density at radius 1 is 1.24 bits per heavy atom. The van der Waals surface area contributed by atoms with Crippen molar-refractivity contribution in [2.75, 3.05) is 17.2 Å². The first-order valence-electron chi connectivity index (χ1n) is 7.50. The Morgan fingerprint density at radius 2 is 1.95 bits per heavy atom. The third-order valence-electron chi connectivity index (χ3n) is 3.96. The van der Waals surface area contributed by atoms with Gasteiger partial charge in [0.25, 0.3) is 0 Å². The number of hydrogen-bond donors (Lipinski definition) is 1. The van der Waals surface area contributed by atoms with Crippen LogP contribution in [0.2, 0.25) is 0 Å². The molecule has 1 unspecified atom stereocenters. The van der Waals surface area contributed by atoms with Crippen LogP contribution >= 0.6 is 11.8 Å². The molecule has 3 nitrogen and oxygen atoms in total. The molecule has 3 rings (SSSR count). The highest BCUT2D eigenvalue weighted by molar-refractivity contribution is 7.99. The summed E-state index contributed by atoms with van der Waals surface area (Å²) in [4.78, 5) is 4.95. The SMILES string of the molecule is CC(C)(C)n1c(-c2ccccc2)nc(C2CCSC2)c1N. The largest absolute Gasteiger partial charge is 0.384 e. The maximum absolute atomic E-state index is 6.50. The van der Waals surface area contributed by atoms with Gasteiger partial charge in [0.1, 0.15) is 11.6 Å². The van der Waals surface area contributed by atoms with E-state index < -0.39 is 0 Å². The second-order valence-electron chi connectivity index (χ2n) is 6.64. The minimum Gasteiger partial charge on any atom is -0.384 e. The molecule has 0 saturated carbocycles. The first-order chi connectivity index (χ1) is 9.98. The van der Waals surface area contributed by atoms with E-state index in [-0.39, 0.29) is 5.54 Å². The van der Waals surface area contributed by atoms with Crippen molar-refractivity contribution < 1.29 is 0 Å². The Hall–Kier alpha value is -1.42. The summed E-state index contributed by atoms with van der Waals surface area (Å²) in [5, 5.41) is 0. The van der Waals surface area contributed by atoms with E-state index >= 15 is 0 Å². The number of benzene rings is 1. The number of anilines is 1. The molecule has 1 atom stereocenters. The van der Waals surface area contributed by atoms with E-state index in [1.54, 1.807) is 0 Å². The van der Waals surface area contributed by atoms with E-state index in [0.717, 1.165) is 28.7 Å². The van der Waals surface area contributed by atoms with Gasteiger partial charge in [0, 0.05) is 22.8 Å². The molecule has 1 fully saturated rings. The molecule has 1 aromatic carbocycles. The second kappa shape index (κ2) is 5.41. The van der Waals surface area contributed by atoms with Crippen molar-refractivity contribution in [3.63, 3.8) is 0 Å². The molecule has 1 saturated heterocycles. The zero-order chi connectivity index (χ0) is 15.0. The highest BCUT2D eigenvalue weighted by Crippen LogP contribution is 2.39. The number of nitrogens with zero attached hydrogens (tertiary/aromatic N) is 2. The number of thioether (sulfide) groups is 1. The van der Waals surface area contributed by atoms with Crippen molar-refractivity contribution in [1.29, 1.82) is 0 Å². The van der Waals surface area contributed by atoms with Crippen molar-refractivity contribution in [3.05, 3.63) is 36.0 Å². The Balaban J connectivity index is 2.16.